The van der Waals surface area contributed by atoms with Crippen molar-refractivity contribution in [2.24, 2.45) is 5.16 Å². The number of unbranched alkanes of at least 4 members (excludes halogenated alkanes) is 1. The maximum atomic E-state index is 11.8. The topological polar surface area (TPSA) is 68.2 Å². The van der Waals surface area contributed by atoms with E-state index in [9.17, 15) is 9.59 Å². The van der Waals surface area contributed by atoms with E-state index in [1.807, 2.05) is 31.1 Å². The number of thiophene rings is 1. The standard InChI is InChI=1S/C16H20BN2O4S/c1-4-5-8-17-22-15(20)10-13-12(16(21)23-18-13)9-11-6-7-14(24-11)19(2)3/h6-7,9H,4-5,8,10H2,1-3H3/b12-9-. The maximum absolute atomic E-state index is 11.8. The highest BCUT2D eigenvalue weighted by Crippen LogP contribution is 2.27. The Labute approximate surface area is 146 Å². The molecule has 0 aliphatic carbocycles. The second kappa shape index (κ2) is 8.68. The minimum absolute atomic E-state index is 0.0912. The number of rotatable bonds is 8. The lowest BCUT2D eigenvalue weighted by Gasteiger charge is -2.06. The molecule has 0 saturated carbocycles. The van der Waals surface area contributed by atoms with Crippen molar-refractivity contribution in [1.82, 2.24) is 0 Å². The van der Waals surface area contributed by atoms with E-state index in [1.165, 1.54) is 18.8 Å². The second-order valence-electron chi connectivity index (χ2n) is 5.52. The molecule has 0 N–H and O–H groups in total. The maximum Gasteiger partial charge on any atom is 0.373 e. The lowest BCUT2D eigenvalue weighted by molar-refractivity contribution is -0.137. The molecule has 0 bridgehead atoms. The zero-order valence-electron chi connectivity index (χ0n) is 14.1. The zero-order chi connectivity index (χ0) is 17.5. The molecule has 0 amide bonds. The molecule has 24 heavy (non-hydrogen) atoms. The molecule has 1 aromatic rings. The molecule has 6 nitrogen and oxygen atoms in total. The Morgan fingerprint density at radius 1 is 1.46 bits per heavy atom. The average molecular weight is 347 g/mol. The molecule has 8 heteroatoms. The summed E-state index contributed by atoms with van der Waals surface area (Å²) in [5.74, 6) is -0.998. The smallest absolute Gasteiger partial charge is 0.373 e. The van der Waals surface area contributed by atoms with Crippen molar-refractivity contribution in [2.75, 3.05) is 19.0 Å². The lowest BCUT2D eigenvalue weighted by atomic mass is 9.92. The third kappa shape index (κ3) is 4.96. The molecular weight excluding hydrogens is 327 g/mol. The van der Waals surface area contributed by atoms with Gasteiger partial charge in [-0.2, -0.15) is 0 Å². The molecule has 1 aromatic heterocycles. The predicted molar refractivity (Wildman–Crippen MR) is 96.3 cm³/mol. The average Bonchev–Trinajstić information content (AvgIpc) is 3.14. The van der Waals surface area contributed by atoms with Gasteiger partial charge >= 0.3 is 13.5 Å². The highest BCUT2D eigenvalue weighted by Gasteiger charge is 2.28. The Kier molecular flexibility index (Phi) is 6.60. The van der Waals surface area contributed by atoms with E-state index in [-0.39, 0.29) is 6.42 Å². The molecule has 1 aliphatic heterocycles. The van der Waals surface area contributed by atoms with E-state index in [0.717, 1.165) is 29.0 Å². The SMILES string of the molecule is CCCC[B]OC(=O)CC1=NOC(=O)/C1=C\c1ccc(N(C)C)s1. The van der Waals surface area contributed by atoms with Gasteiger partial charge in [0, 0.05) is 19.0 Å². The van der Waals surface area contributed by atoms with E-state index >= 15 is 0 Å². The fourth-order valence-electron chi connectivity index (χ4n) is 2.00. The fraction of sp³-hybridized carbons (Fsp3) is 0.438. The molecule has 1 radical (unpaired) electrons. The monoisotopic (exact) mass is 347 g/mol. The van der Waals surface area contributed by atoms with Gasteiger partial charge in [-0.05, 0) is 24.5 Å². The van der Waals surface area contributed by atoms with Gasteiger partial charge in [-0.1, -0.05) is 24.9 Å². The first kappa shape index (κ1) is 18.3. The number of oxime groups is 1. The predicted octanol–water partition coefficient (Wildman–Crippen LogP) is 2.88. The van der Waals surface area contributed by atoms with Crippen LogP contribution in [-0.4, -0.2) is 39.2 Å². The number of nitrogens with zero attached hydrogens (tertiary/aromatic N) is 2. The van der Waals surface area contributed by atoms with Crippen molar-refractivity contribution < 1.29 is 19.1 Å². The third-order valence-electron chi connectivity index (χ3n) is 3.31. The van der Waals surface area contributed by atoms with E-state index in [2.05, 4.69) is 12.1 Å². The van der Waals surface area contributed by atoms with Crippen LogP contribution in [-0.2, 0) is 19.1 Å². The van der Waals surface area contributed by atoms with Gasteiger partial charge in [0.2, 0.25) is 0 Å². The van der Waals surface area contributed by atoms with Crippen molar-refractivity contribution in [3.63, 3.8) is 0 Å². The van der Waals surface area contributed by atoms with Gasteiger partial charge in [0.25, 0.3) is 5.97 Å². The lowest BCUT2D eigenvalue weighted by Crippen LogP contribution is -2.15. The number of hydrogen-bond donors (Lipinski definition) is 0. The van der Waals surface area contributed by atoms with Crippen LogP contribution in [0.3, 0.4) is 0 Å². The molecule has 2 heterocycles. The van der Waals surface area contributed by atoms with Crippen LogP contribution in [0.5, 0.6) is 0 Å². The van der Waals surface area contributed by atoms with Crippen LogP contribution in [0.4, 0.5) is 5.00 Å². The minimum Gasteiger partial charge on any atom is -0.538 e. The molecule has 127 valence electrons. The quantitative estimate of drug-likeness (QED) is 0.313. The Hall–Kier alpha value is -2.09. The number of anilines is 1. The van der Waals surface area contributed by atoms with Crippen LogP contribution < -0.4 is 4.90 Å². The first-order chi connectivity index (χ1) is 11.5. The number of carbonyl (C=O) groups is 2. The van der Waals surface area contributed by atoms with Gasteiger partial charge in [0.05, 0.1) is 17.0 Å². The summed E-state index contributed by atoms with van der Waals surface area (Å²) in [6.07, 6.45) is 4.32. The summed E-state index contributed by atoms with van der Waals surface area (Å²) in [6, 6.07) is 3.87. The Morgan fingerprint density at radius 3 is 2.92 bits per heavy atom. The fourth-order valence-corrected chi connectivity index (χ4v) is 2.88. The van der Waals surface area contributed by atoms with Crippen molar-refractivity contribution >= 4 is 47.5 Å². The van der Waals surface area contributed by atoms with Gasteiger partial charge in [-0.3, -0.25) is 4.79 Å². The van der Waals surface area contributed by atoms with Gasteiger partial charge in [0.1, 0.15) is 5.71 Å². The van der Waals surface area contributed by atoms with Gasteiger partial charge in [0.15, 0.2) is 0 Å². The molecule has 0 fully saturated rings. The summed E-state index contributed by atoms with van der Waals surface area (Å²) in [7, 11) is 5.39. The summed E-state index contributed by atoms with van der Waals surface area (Å²) in [6.45, 7) is 2.06. The van der Waals surface area contributed by atoms with E-state index < -0.39 is 11.9 Å². The summed E-state index contributed by atoms with van der Waals surface area (Å²) >= 11 is 1.53. The number of carbonyl (C=O) groups excluding carboxylic acids is 2. The normalized spacial score (nSPS) is 15.2. The highest BCUT2D eigenvalue weighted by molar-refractivity contribution is 7.17. The second-order valence-corrected chi connectivity index (χ2v) is 6.61. The molecule has 1 aliphatic rings. The zero-order valence-corrected chi connectivity index (χ0v) is 14.9. The molecule has 2 rings (SSSR count). The summed E-state index contributed by atoms with van der Waals surface area (Å²) < 4.78 is 5.03. The van der Waals surface area contributed by atoms with E-state index in [4.69, 9.17) is 9.49 Å². The number of hydrogen-bond acceptors (Lipinski definition) is 7. The van der Waals surface area contributed by atoms with Crippen LogP contribution in [0.2, 0.25) is 6.32 Å². The summed E-state index contributed by atoms with van der Waals surface area (Å²) in [5.41, 5.74) is 0.598. The first-order valence-corrected chi connectivity index (χ1v) is 8.61. The van der Waals surface area contributed by atoms with Gasteiger partial charge < -0.3 is 14.4 Å². The van der Waals surface area contributed by atoms with Crippen LogP contribution >= 0.6 is 11.3 Å². The van der Waals surface area contributed by atoms with Gasteiger partial charge in [-0.25, -0.2) is 4.79 Å². The molecule has 0 unspecified atom stereocenters. The highest BCUT2D eigenvalue weighted by atomic mass is 32.1. The van der Waals surface area contributed by atoms with Crippen LogP contribution in [0, 0.1) is 0 Å². The first-order valence-electron chi connectivity index (χ1n) is 7.80. The minimum atomic E-state index is -0.549. The van der Waals surface area contributed by atoms with E-state index in [1.54, 1.807) is 6.08 Å². The van der Waals surface area contributed by atoms with Crippen molar-refractivity contribution in [2.45, 2.75) is 32.5 Å². The Balaban J connectivity index is 2.00. The van der Waals surface area contributed by atoms with Crippen LogP contribution in [0.25, 0.3) is 6.08 Å². The van der Waals surface area contributed by atoms with Crippen LogP contribution in [0.1, 0.15) is 31.1 Å². The van der Waals surface area contributed by atoms with Gasteiger partial charge in [-0.15, -0.1) is 11.3 Å². The molecule has 0 aromatic carbocycles. The Morgan fingerprint density at radius 2 is 2.25 bits per heavy atom. The van der Waals surface area contributed by atoms with Crippen molar-refractivity contribution in [3.05, 3.63) is 22.6 Å². The van der Waals surface area contributed by atoms with Crippen molar-refractivity contribution in [3.8, 4) is 0 Å². The summed E-state index contributed by atoms with van der Waals surface area (Å²) in [4.78, 5) is 31.2. The van der Waals surface area contributed by atoms with E-state index in [0.29, 0.717) is 11.3 Å². The Bertz CT molecular complexity index is 667. The molecule has 0 atom stereocenters. The largest absolute Gasteiger partial charge is 0.538 e. The molecule has 0 spiro atoms. The van der Waals surface area contributed by atoms with Crippen molar-refractivity contribution in [1.29, 1.82) is 0 Å². The summed E-state index contributed by atoms with van der Waals surface area (Å²) in [5, 5.41) is 4.77. The molecular formula is C16H20BN2O4S. The molecule has 0 saturated heterocycles. The third-order valence-corrected chi connectivity index (χ3v) is 4.51. The van der Waals surface area contributed by atoms with Crippen LogP contribution in [0.15, 0.2) is 22.9 Å².